The maximum Gasteiger partial charge on any atom is 0.215 e. The molecule has 1 N–H and O–H groups in total. The molecule has 0 aliphatic carbocycles. The number of carbonyl (C=O) groups is 1. The number of benzene rings is 1. The molecule has 27 heavy (non-hydrogen) atoms. The lowest BCUT2D eigenvalue weighted by atomic mass is 9.96. The third kappa shape index (κ3) is 5.01. The fourth-order valence-corrected chi connectivity index (χ4v) is 4.94. The smallest absolute Gasteiger partial charge is 0.215 e. The largest absolute Gasteiger partial charge is 0.633 e. The highest BCUT2D eigenvalue weighted by molar-refractivity contribution is 7.89. The van der Waals surface area contributed by atoms with Gasteiger partial charge in [-0.25, -0.2) is 13.4 Å². The third-order valence-corrected chi connectivity index (χ3v) is 6.85. The van der Waals surface area contributed by atoms with E-state index in [1.165, 1.54) is 10.5 Å². The summed E-state index contributed by atoms with van der Waals surface area (Å²) in [6, 6.07) is 9.33. The van der Waals surface area contributed by atoms with E-state index in [1.54, 1.807) is 13.2 Å². The molecule has 1 aromatic heterocycles. The van der Waals surface area contributed by atoms with E-state index in [2.05, 4.69) is 9.97 Å². The van der Waals surface area contributed by atoms with Gasteiger partial charge in [0.05, 0.1) is 39.0 Å². The second-order valence-corrected chi connectivity index (χ2v) is 9.12. The molecule has 146 valence electrons. The van der Waals surface area contributed by atoms with Gasteiger partial charge >= 0.3 is 0 Å². The first kappa shape index (κ1) is 19.7. The zero-order chi connectivity index (χ0) is 19.5. The number of H-pyrrole nitrogens is 1. The van der Waals surface area contributed by atoms with Crippen LogP contribution < -0.4 is 0 Å². The van der Waals surface area contributed by atoms with Crippen molar-refractivity contribution in [1.82, 2.24) is 14.3 Å². The van der Waals surface area contributed by atoms with Gasteiger partial charge in [-0.3, -0.25) is 4.79 Å². The van der Waals surface area contributed by atoms with E-state index in [9.17, 15) is 18.4 Å². The summed E-state index contributed by atoms with van der Waals surface area (Å²) in [5, 5.41) is 12.0. The monoisotopic (exact) mass is 392 g/mol. The molecule has 0 bridgehead atoms. The molecule has 8 nitrogen and oxygen atoms in total. The molecule has 0 spiro atoms. The minimum absolute atomic E-state index is 0.161. The molecule has 0 saturated carbocycles. The molecular weight excluding hydrogens is 368 g/mol. The number of hydroxylamine groups is 3. The van der Waals surface area contributed by atoms with Gasteiger partial charge in [0.15, 0.2) is 5.82 Å². The molecule has 1 aromatic carbocycles. The highest BCUT2D eigenvalue weighted by atomic mass is 32.2. The van der Waals surface area contributed by atoms with Crippen molar-refractivity contribution in [2.24, 2.45) is 5.92 Å². The molecule has 1 saturated heterocycles. The summed E-state index contributed by atoms with van der Waals surface area (Å²) in [4.78, 5) is 19.6. The lowest BCUT2D eigenvalue weighted by molar-refractivity contribution is -0.864. The van der Waals surface area contributed by atoms with E-state index in [4.69, 9.17) is 0 Å². The van der Waals surface area contributed by atoms with E-state index in [0.717, 1.165) is 5.56 Å². The summed E-state index contributed by atoms with van der Waals surface area (Å²) in [5.41, 5.74) is 0.889. The Balaban J connectivity index is 1.79. The summed E-state index contributed by atoms with van der Waals surface area (Å²) in [6.07, 6.45) is 3.32. The van der Waals surface area contributed by atoms with E-state index >= 15 is 0 Å². The van der Waals surface area contributed by atoms with Gasteiger partial charge in [0.1, 0.15) is 0 Å². The highest BCUT2D eigenvalue weighted by Crippen LogP contribution is 2.19. The lowest BCUT2D eigenvalue weighted by Gasteiger charge is -2.44. The van der Waals surface area contributed by atoms with Crippen LogP contribution in [0.1, 0.15) is 16.2 Å². The third-order valence-electron chi connectivity index (χ3n) is 4.88. The van der Waals surface area contributed by atoms with Crippen LogP contribution in [-0.2, 0) is 16.4 Å². The summed E-state index contributed by atoms with van der Waals surface area (Å²) in [7, 11) is -2.12. The van der Waals surface area contributed by atoms with Crippen LogP contribution in [0, 0.1) is 11.1 Å². The molecule has 1 fully saturated rings. The molecular formula is C18H24N4O4S. The van der Waals surface area contributed by atoms with Crippen molar-refractivity contribution in [3.63, 3.8) is 0 Å². The van der Waals surface area contributed by atoms with Gasteiger partial charge in [-0.05, 0) is 12.0 Å². The van der Waals surface area contributed by atoms with Crippen LogP contribution >= 0.6 is 0 Å². The van der Waals surface area contributed by atoms with Gasteiger partial charge in [-0.15, -0.1) is 0 Å². The van der Waals surface area contributed by atoms with Crippen LogP contribution in [0.5, 0.6) is 0 Å². The number of piperazine rings is 1. The normalized spacial score (nSPS) is 18.9. The molecule has 1 aliphatic heterocycles. The molecule has 3 rings (SSSR count). The number of carbonyl (C=O) groups excluding carboxylic acids is 1. The summed E-state index contributed by atoms with van der Waals surface area (Å²) >= 11 is 0. The molecule has 2 aromatic rings. The SMILES string of the molecule is C[N+]1([O-])CCN(S(=O)(=O)C[C@@H](Cc2ccccc2)C(=O)c2ncc[nH]2)CC1. The molecule has 9 heteroatoms. The number of sulfonamides is 1. The standard InChI is InChI=1S/C18H24N4O4S/c1-22(24)11-9-21(10-12-22)27(25,26)14-16(13-15-5-3-2-4-6-15)17(23)18-19-7-8-20-18/h2-8,16H,9-14H2,1H3,(H,19,20)/t16-/m1/s1. The number of aromatic amines is 1. The van der Waals surface area contributed by atoms with Crippen molar-refractivity contribution < 1.29 is 17.9 Å². The summed E-state index contributed by atoms with van der Waals surface area (Å²) in [5.74, 6) is -1.22. The Hall–Kier alpha value is -2.07. The zero-order valence-electron chi connectivity index (χ0n) is 15.2. The highest BCUT2D eigenvalue weighted by Gasteiger charge is 2.35. The van der Waals surface area contributed by atoms with Gasteiger partial charge in [0.2, 0.25) is 15.8 Å². The van der Waals surface area contributed by atoms with Crippen molar-refractivity contribution in [3.8, 4) is 0 Å². The van der Waals surface area contributed by atoms with Crippen molar-refractivity contribution in [1.29, 1.82) is 0 Å². The van der Waals surface area contributed by atoms with Crippen LogP contribution in [0.4, 0.5) is 0 Å². The summed E-state index contributed by atoms with van der Waals surface area (Å²) < 4.78 is 26.7. The molecule has 0 radical (unpaired) electrons. The van der Waals surface area contributed by atoms with Crippen LogP contribution in [-0.4, -0.2) is 72.1 Å². The number of ketones is 1. The number of imidazole rings is 1. The Labute approximate surface area is 159 Å². The average molecular weight is 392 g/mol. The molecule has 0 amide bonds. The number of Topliss-reactive ketones (excluding diaryl/α,β-unsaturated/α-hetero) is 1. The van der Waals surface area contributed by atoms with Crippen LogP contribution in [0.2, 0.25) is 0 Å². The number of nitrogens with zero attached hydrogens (tertiary/aromatic N) is 3. The number of aromatic nitrogens is 2. The van der Waals surface area contributed by atoms with Crippen LogP contribution in [0.3, 0.4) is 0 Å². The molecule has 2 heterocycles. The lowest BCUT2D eigenvalue weighted by Crippen LogP contribution is -2.55. The minimum atomic E-state index is -3.67. The number of hydrogen-bond donors (Lipinski definition) is 1. The molecule has 1 aliphatic rings. The average Bonchev–Trinajstić information content (AvgIpc) is 3.15. The van der Waals surface area contributed by atoms with Crippen molar-refractivity contribution in [2.75, 3.05) is 39.0 Å². The number of rotatable bonds is 7. The Bertz CT molecular complexity index is 856. The second-order valence-electron chi connectivity index (χ2n) is 7.11. The minimum Gasteiger partial charge on any atom is -0.633 e. The number of likely N-dealkylation sites (N-methyl/N-ethyl adjacent to an activating group) is 1. The Morgan fingerprint density at radius 1 is 1.30 bits per heavy atom. The topological polar surface area (TPSA) is 106 Å². The van der Waals surface area contributed by atoms with Crippen molar-refractivity contribution in [3.05, 3.63) is 59.3 Å². The first-order valence-corrected chi connectivity index (χ1v) is 10.5. The van der Waals surface area contributed by atoms with Crippen LogP contribution in [0.15, 0.2) is 42.7 Å². The molecule has 0 unspecified atom stereocenters. The first-order valence-electron chi connectivity index (χ1n) is 8.88. The van der Waals surface area contributed by atoms with Crippen molar-refractivity contribution >= 4 is 15.8 Å². The van der Waals surface area contributed by atoms with Gasteiger partial charge in [-0.2, -0.15) is 4.31 Å². The fraction of sp³-hybridized carbons (Fsp3) is 0.444. The van der Waals surface area contributed by atoms with Gasteiger partial charge in [0.25, 0.3) is 0 Å². The van der Waals surface area contributed by atoms with E-state index in [1.807, 2.05) is 30.3 Å². The first-order chi connectivity index (χ1) is 12.8. The Kier molecular flexibility index (Phi) is 5.75. The number of hydrogen-bond acceptors (Lipinski definition) is 5. The maximum atomic E-state index is 12.9. The Morgan fingerprint density at radius 2 is 1.96 bits per heavy atom. The molecule has 1 atom stereocenters. The van der Waals surface area contributed by atoms with E-state index in [0.29, 0.717) is 6.42 Å². The quantitative estimate of drug-likeness (QED) is 0.430. The van der Waals surface area contributed by atoms with E-state index in [-0.39, 0.29) is 43.5 Å². The zero-order valence-corrected chi connectivity index (χ0v) is 16.1. The van der Waals surface area contributed by atoms with E-state index < -0.39 is 20.6 Å². The second kappa shape index (κ2) is 7.89. The summed E-state index contributed by atoms with van der Waals surface area (Å²) in [6.45, 7) is 0.786. The predicted octanol–water partition coefficient (Wildman–Crippen LogP) is 1.04. The number of nitrogens with one attached hydrogen (secondary N) is 1. The fourth-order valence-electron chi connectivity index (χ4n) is 3.23. The van der Waals surface area contributed by atoms with Gasteiger partial charge in [0, 0.05) is 18.3 Å². The predicted molar refractivity (Wildman–Crippen MR) is 101 cm³/mol. The Morgan fingerprint density at radius 3 is 2.56 bits per heavy atom. The van der Waals surface area contributed by atoms with Crippen molar-refractivity contribution in [2.45, 2.75) is 6.42 Å². The van der Waals surface area contributed by atoms with Gasteiger partial charge in [-0.1, -0.05) is 30.3 Å². The van der Waals surface area contributed by atoms with Gasteiger partial charge < -0.3 is 14.8 Å². The number of quaternary nitrogens is 1. The maximum absolute atomic E-state index is 12.9. The van der Waals surface area contributed by atoms with Crippen LogP contribution in [0.25, 0.3) is 0 Å².